The van der Waals surface area contributed by atoms with E-state index in [0.29, 0.717) is 6.04 Å². The minimum Gasteiger partial charge on any atom is -0.357 e. The molecule has 0 amide bonds. The summed E-state index contributed by atoms with van der Waals surface area (Å²) in [7, 11) is 0. The number of aromatic amines is 1. The molecule has 2 aliphatic rings. The zero-order valence-corrected chi connectivity index (χ0v) is 11.2. The van der Waals surface area contributed by atoms with Crippen molar-refractivity contribution in [2.45, 2.75) is 25.3 Å². The third-order valence-electron chi connectivity index (χ3n) is 4.70. The van der Waals surface area contributed by atoms with Gasteiger partial charge in [-0.3, -0.25) is 0 Å². The van der Waals surface area contributed by atoms with Crippen molar-refractivity contribution >= 4 is 10.9 Å². The highest BCUT2D eigenvalue weighted by atomic mass is 15.0. The number of H-pyrrole nitrogens is 1. The van der Waals surface area contributed by atoms with Crippen LogP contribution in [0, 0.1) is 5.92 Å². The average Bonchev–Trinajstić information content (AvgIpc) is 2.87. The maximum Gasteiger partial charge on any atom is 0.0516 e. The zero-order valence-electron chi connectivity index (χ0n) is 11.2. The molecular formula is C16H21N3. The first-order chi connectivity index (χ1) is 9.43. The predicted octanol–water partition coefficient (Wildman–Crippen LogP) is 2.35. The van der Waals surface area contributed by atoms with Gasteiger partial charge < -0.3 is 15.6 Å². The fraction of sp³-hybridized carbons (Fsp3) is 0.500. The number of nitrogens with one attached hydrogen (secondary N) is 3. The molecule has 2 aromatic rings. The van der Waals surface area contributed by atoms with Crippen molar-refractivity contribution < 1.29 is 0 Å². The highest BCUT2D eigenvalue weighted by molar-refractivity contribution is 5.85. The van der Waals surface area contributed by atoms with Crippen molar-refractivity contribution in [3.8, 4) is 0 Å². The molecule has 3 heteroatoms. The van der Waals surface area contributed by atoms with Gasteiger partial charge in [0.1, 0.15) is 0 Å². The van der Waals surface area contributed by atoms with Crippen molar-refractivity contribution in [1.82, 2.24) is 15.6 Å². The molecule has 3 heterocycles. The van der Waals surface area contributed by atoms with Gasteiger partial charge in [0.2, 0.25) is 0 Å². The van der Waals surface area contributed by atoms with Crippen LogP contribution in [0.5, 0.6) is 0 Å². The van der Waals surface area contributed by atoms with Crippen molar-refractivity contribution in [2.24, 2.45) is 5.92 Å². The summed E-state index contributed by atoms with van der Waals surface area (Å²) in [5.74, 6) is 0.723. The summed E-state index contributed by atoms with van der Waals surface area (Å²) in [6.45, 7) is 3.44. The summed E-state index contributed by atoms with van der Waals surface area (Å²) in [4.78, 5) is 3.67. The summed E-state index contributed by atoms with van der Waals surface area (Å²) >= 11 is 0. The van der Waals surface area contributed by atoms with E-state index in [2.05, 4.69) is 39.9 Å². The van der Waals surface area contributed by atoms with E-state index in [-0.39, 0.29) is 0 Å². The molecule has 2 unspecified atom stereocenters. The van der Waals surface area contributed by atoms with E-state index in [1.165, 1.54) is 36.0 Å². The van der Waals surface area contributed by atoms with Gasteiger partial charge in [-0.25, -0.2) is 0 Å². The molecule has 2 atom stereocenters. The minimum absolute atomic E-state index is 0.504. The Labute approximate surface area is 113 Å². The Morgan fingerprint density at radius 3 is 2.95 bits per heavy atom. The lowest BCUT2D eigenvalue weighted by atomic mass is 9.85. The van der Waals surface area contributed by atoms with Crippen molar-refractivity contribution in [1.29, 1.82) is 0 Å². The monoisotopic (exact) mass is 255 g/mol. The van der Waals surface area contributed by atoms with E-state index in [1.54, 1.807) is 5.56 Å². The smallest absolute Gasteiger partial charge is 0.0516 e. The summed E-state index contributed by atoms with van der Waals surface area (Å²) in [5.41, 5.74) is 4.29. The van der Waals surface area contributed by atoms with Gasteiger partial charge in [-0.1, -0.05) is 18.2 Å². The Bertz CT molecular complexity index is 581. The van der Waals surface area contributed by atoms with Gasteiger partial charge in [0.15, 0.2) is 0 Å². The van der Waals surface area contributed by atoms with E-state index < -0.39 is 0 Å². The number of piperidine rings is 1. The van der Waals surface area contributed by atoms with Crippen molar-refractivity contribution in [3.05, 3.63) is 35.5 Å². The molecule has 3 nitrogen and oxygen atoms in total. The van der Waals surface area contributed by atoms with Gasteiger partial charge >= 0.3 is 0 Å². The molecule has 4 rings (SSSR count). The molecule has 1 fully saturated rings. The fourth-order valence-electron chi connectivity index (χ4n) is 3.78. The number of hydrogen-bond donors (Lipinski definition) is 3. The third-order valence-corrected chi connectivity index (χ3v) is 4.70. The number of fused-ring (bicyclic) bond motifs is 3. The van der Waals surface area contributed by atoms with E-state index >= 15 is 0 Å². The van der Waals surface area contributed by atoms with Crippen LogP contribution in [0.2, 0.25) is 0 Å². The van der Waals surface area contributed by atoms with Gasteiger partial charge in [-0.15, -0.1) is 0 Å². The molecule has 1 aromatic heterocycles. The maximum atomic E-state index is 3.73. The van der Waals surface area contributed by atoms with Crippen LogP contribution in [0.25, 0.3) is 10.9 Å². The van der Waals surface area contributed by atoms with Crippen LogP contribution >= 0.6 is 0 Å². The van der Waals surface area contributed by atoms with Gasteiger partial charge in [0.05, 0.1) is 6.04 Å². The highest BCUT2D eigenvalue weighted by Gasteiger charge is 2.30. The standard InChI is InChI=1S/C16H21N3/c1-2-6-14-12(5-1)13-7-9-18-15(16(13)19-14)11-4-3-8-17-10-11/h1-2,5-6,11,15,17-19H,3-4,7-10H2. The first-order valence-electron chi connectivity index (χ1n) is 7.47. The molecule has 100 valence electrons. The largest absolute Gasteiger partial charge is 0.357 e. The van der Waals surface area contributed by atoms with E-state index in [9.17, 15) is 0 Å². The first kappa shape index (κ1) is 11.5. The number of hydrogen-bond acceptors (Lipinski definition) is 2. The van der Waals surface area contributed by atoms with Crippen LogP contribution in [0.15, 0.2) is 24.3 Å². The van der Waals surface area contributed by atoms with Gasteiger partial charge in [0, 0.05) is 16.6 Å². The lowest BCUT2D eigenvalue weighted by molar-refractivity contribution is 0.277. The molecule has 0 saturated carbocycles. The number of rotatable bonds is 1. The Morgan fingerprint density at radius 1 is 1.11 bits per heavy atom. The van der Waals surface area contributed by atoms with Crippen LogP contribution in [-0.2, 0) is 6.42 Å². The SMILES string of the molecule is c1ccc2c3c([nH]c2c1)C(C1CCCNC1)NCC3. The lowest BCUT2D eigenvalue weighted by Gasteiger charge is -2.34. The van der Waals surface area contributed by atoms with E-state index in [4.69, 9.17) is 0 Å². The van der Waals surface area contributed by atoms with Crippen molar-refractivity contribution in [3.63, 3.8) is 0 Å². The van der Waals surface area contributed by atoms with Crippen LogP contribution < -0.4 is 10.6 Å². The Hall–Kier alpha value is -1.32. The quantitative estimate of drug-likeness (QED) is 0.732. The average molecular weight is 255 g/mol. The van der Waals surface area contributed by atoms with E-state index in [0.717, 1.165) is 25.4 Å². The second kappa shape index (κ2) is 4.66. The third kappa shape index (κ3) is 1.88. The molecular weight excluding hydrogens is 234 g/mol. The van der Waals surface area contributed by atoms with E-state index in [1.807, 2.05) is 0 Å². The zero-order chi connectivity index (χ0) is 12.7. The van der Waals surface area contributed by atoms with Gasteiger partial charge in [0.25, 0.3) is 0 Å². The topological polar surface area (TPSA) is 39.9 Å². The second-order valence-corrected chi connectivity index (χ2v) is 5.85. The Balaban J connectivity index is 1.77. The molecule has 0 radical (unpaired) electrons. The van der Waals surface area contributed by atoms with Gasteiger partial charge in [-0.05, 0) is 56.4 Å². The number of benzene rings is 1. The highest BCUT2D eigenvalue weighted by Crippen LogP contribution is 2.35. The maximum absolute atomic E-state index is 3.73. The predicted molar refractivity (Wildman–Crippen MR) is 78.3 cm³/mol. The molecule has 0 spiro atoms. The first-order valence-corrected chi connectivity index (χ1v) is 7.47. The normalized spacial score (nSPS) is 27.4. The van der Waals surface area contributed by atoms with Crippen LogP contribution in [-0.4, -0.2) is 24.6 Å². The second-order valence-electron chi connectivity index (χ2n) is 5.85. The molecule has 1 saturated heterocycles. The molecule has 3 N–H and O–H groups in total. The van der Waals surface area contributed by atoms with Crippen molar-refractivity contribution in [2.75, 3.05) is 19.6 Å². The summed E-state index contributed by atoms with van der Waals surface area (Å²) in [6.07, 6.45) is 3.79. The van der Waals surface area contributed by atoms with Crippen LogP contribution in [0.1, 0.15) is 30.1 Å². The summed E-state index contributed by atoms with van der Waals surface area (Å²) < 4.78 is 0. The lowest BCUT2D eigenvalue weighted by Crippen LogP contribution is -2.41. The van der Waals surface area contributed by atoms with Gasteiger partial charge in [-0.2, -0.15) is 0 Å². The molecule has 2 aliphatic heterocycles. The molecule has 0 aliphatic carbocycles. The number of aromatic nitrogens is 1. The number of para-hydroxylation sites is 1. The molecule has 1 aromatic carbocycles. The van der Waals surface area contributed by atoms with Crippen LogP contribution in [0.3, 0.4) is 0 Å². The Kier molecular flexibility index (Phi) is 2.82. The molecule has 19 heavy (non-hydrogen) atoms. The fourth-order valence-corrected chi connectivity index (χ4v) is 3.78. The van der Waals surface area contributed by atoms with Crippen LogP contribution in [0.4, 0.5) is 0 Å². The molecule has 0 bridgehead atoms. The minimum atomic E-state index is 0.504. The summed E-state index contributed by atoms with van der Waals surface area (Å²) in [6, 6.07) is 9.23. The Morgan fingerprint density at radius 2 is 2.05 bits per heavy atom. The summed E-state index contributed by atoms with van der Waals surface area (Å²) in [5, 5.41) is 8.70.